The Balaban J connectivity index is 1.75. The molecule has 3 rings (SSSR count). The van der Waals surface area contributed by atoms with Crippen LogP contribution in [0.2, 0.25) is 0 Å². The number of benzene rings is 2. The van der Waals surface area contributed by atoms with Gasteiger partial charge in [0.2, 0.25) is 11.8 Å². The van der Waals surface area contributed by atoms with Crippen molar-refractivity contribution in [1.82, 2.24) is 20.5 Å². The van der Waals surface area contributed by atoms with Gasteiger partial charge >= 0.3 is 5.97 Å². The fourth-order valence-corrected chi connectivity index (χ4v) is 4.43. The summed E-state index contributed by atoms with van der Waals surface area (Å²) in [7, 11) is 1.92. The maximum Gasteiger partial charge on any atom is 0.343 e. The number of nitrogens with one attached hydrogen (secondary N) is 2. The Morgan fingerprint density at radius 2 is 1.59 bits per heavy atom. The second-order valence-corrected chi connectivity index (χ2v) is 11.8. The van der Waals surface area contributed by atoms with Crippen molar-refractivity contribution in [2.24, 2.45) is 5.92 Å². The first kappa shape index (κ1) is 31.5. The summed E-state index contributed by atoms with van der Waals surface area (Å²) in [6.45, 7) is 10.4. The van der Waals surface area contributed by atoms with Gasteiger partial charge in [0, 0.05) is 30.9 Å². The van der Waals surface area contributed by atoms with Gasteiger partial charge in [-0.1, -0.05) is 50.2 Å². The van der Waals surface area contributed by atoms with Crippen molar-refractivity contribution in [3.63, 3.8) is 0 Å². The van der Waals surface area contributed by atoms with Crippen molar-refractivity contribution in [3.8, 4) is 5.75 Å². The zero-order valence-corrected chi connectivity index (χ0v) is 24.9. The summed E-state index contributed by atoms with van der Waals surface area (Å²) in [6, 6.07) is 18.4. The average molecular weight is 559 g/mol. The summed E-state index contributed by atoms with van der Waals surface area (Å²) in [4.78, 5) is 45.6. The largest absolute Gasteiger partial charge is 0.423 e. The standard InChI is InChI=1S/C33H42N4O4/c1-23(2)19-29(37(6)22-25-11-10-18-34-21-25)31(39)35-28(30(38)36-33(3,4)5)20-24-14-16-27(17-15-24)41-32(40)26-12-8-7-9-13-26/h7-18,21,23,28-29H,19-20,22H2,1-6H3,(H,35,39)(H,36,38)/t28-,29-/m0/s1. The zero-order chi connectivity index (χ0) is 30.0. The Bertz CT molecular complexity index is 1270. The molecule has 2 atom stereocenters. The Morgan fingerprint density at radius 1 is 0.902 bits per heavy atom. The number of carbonyl (C=O) groups is 3. The Hall–Kier alpha value is -4.04. The van der Waals surface area contributed by atoms with Crippen molar-refractivity contribution in [3.05, 3.63) is 95.8 Å². The minimum absolute atomic E-state index is 0.201. The lowest BCUT2D eigenvalue weighted by Crippen LogP contribution is -2.56. The second-order valence-electron chi connectivity index (χ2n) is 11.8. The molecule has 0 saturated carbocycles. The third-order valence-electron chi connectivity index (χ3n) is 6.40. The summed E-state index contributed by atoms with van der Waals surface area (Å²) in [5.41, 5.74) is 1.82. The van der Waals surface area contributed by atoms with Crippen LogP contribution >= 0.6 is 0 Å². The van der Waals surface area contributed by atoms with Crippen molar-refractivity contribution >= 4 is 17.8 Å². The molecular weight excluding hydrogens is 516 g/mol. The van der Waals surface area contributed by atoms with Crippen molar-refractivity contribution in [2.75, 3.05) is 7.05 Å². The maximum absolute atomic E-state index is 13.7. The molecule has 41 heavy (non-hydrogen) atoms. The first-order chi connectivity index (χ1) is 19.4. The summed E-state index contributed by atoms with van der Waals surface area (Å²) < 4.78 is 5.48. The molecule has 0 unspecified atom stereocenters. The number of rotatable bonds is 12. The van der Waals surface area contributed by atoms with E-state index < -0.39 is 23.6 Å². The Labute approximate surface area is 243 Å². The first-order valence-corrected chi connectivity index (χ1v) is 14.0. The molecule has 218 valence electrons. The van der Waals surface area contributed by atoms with Crippen LogP contribution in [-0.4, -0.2) is 52.3 Å². The van der Waals surface area contributed by atoms with Gasteiger partial charge in [-0.25, -0.2) is 4.79 Å². The maximum atomic E-state index is 13.7. The van der Waals surface area contributed by atoms with E-state index >= 15 is 0 Å². The Kier molecular flexibility index (Phi) is 11.2. The minimum Gasteiger partial charge on any atom is -0.423 e. The van der Waals surface area contributed by atoms with Gasteiger partial charge in [-0.15, -0.1) is 0 Å². The van der Waals surface area contributed by atoms with E-state index in [0.29, 0.717) is 24.3 Å². The number of carbonyl (C=O) groups excluding carboxylic acids is 3. The van der Waals surface area contributed by atoms with Gasteiger partial charge in [0.25, 0.3) is 0 Å². The number of amides is 2. The fraction of sp³-hybridized carbons (Fsp3) is 0.394. The number of esters is 1. The lowest BCUT2D eigenvalue weighted by atomic mass is 9.99. The molecule has 0 aliphatic heterocycles. The third kappa shape index (κ3) is 10.5. The molecule has 2 aromatic carbocycles. The molecule has 8 heteroatoms. The highest BCUT2D eigenvalue weighted by molar-refractivity contribution is 5.91. The molecular formula is C33H42N4O4. The quantitative estimate of drug-likeness (QED) is 0.245. The number of nitrogens with zero attached hydrogens (tertiary/aromatic N) is 2. The first-order valence-electron chi connectivity index (χ1n) is 14.0. The molecule has 3 aromatic rings. The van der Waals surface area contributed by atoms with Crippen LogP contribution in [0.25, 0.3) is 0 Å². The highest BCUT2D eigenvalue weighted by Crippen LogP contribution is 2.18. The topological polar surface area (TPSA) is 101 Å². The molecule has 0 spiro atoms. The molecule has 2 amide bonds. The zero-order valence-electron chi connectivity index (χ0n) is 24.9. The Morgan fingerprint density at radius 3 is 2.17 bits per heavy atom. The van der Waals surface area contributed by atoms with Gasteiger partial charge in [-0.3, -0.25) is 19.5 Å². The minimum atomic E-state index is -0.791. The molecule has 0 radical (unpaired) electrons. The predicted molar refractivity (Wildman–Crippen MR) is 160 cm³/mol. The molecule has 1 heterocycles. The molecule has 8 nitrogen and oxygen atoms in total. The summed E-state index contributed by atoms with van der Waals surface area (Å²) >= 11 is 0. The molecule has 0 bridgehead atoms. The van der Waals surface area contributed by atoms with E-state index in [1.54, 1.807) is 60.9 Å². The van der Waals surface area contributed by atoms with Gasteiger partial charge in [-0.05, 0) is 81.6 Å². The number of ether oxygens (including phenoxy) is 1. The van der Waals surface area contributed by atoms with Crippen LogP contribution in [0.1, 0.15) is 62.5 Å². The van der Waals surface area contributed by atoms with Crippen molar-refractivity contribution in [1.29, 1.82) is 0 Å². The van der Waals surface area contributed by atoms with Gasteiger partial charge in [0.05, 0.1) is 11.6 Å². The fourth-order valence-electron chi connectivity index (χ4n) is 4.43. The van der Waals surface area contributed by atoms with E-state index in [1.165, 1.54) is 0 Å². The lowest BCUT2D eigenvalue weighted by Gasteiger charge is -2.31. The summed E-state index contributed by atoms with van der Waals surface area (Å²) in [5, 5.41) is 6.04. The molecule has 0 aliphatic rings. The summed E-state index contributed by atoms with van der Waals surface area (Å²) in [5.74, 6) is -0.234. The molecule has 1 aromatic heterocycles. The second kappa shape index (κ2) is 14.6. The van der Waals surface area contributed by atoms with Crippen LogP contribution in [0.15, 0.2) is 79.1 Å². The van der Waals surface area contributed by atoms with Crippen LogP contribution in [0.4, 0.5) is 0 Å². The highest BCUT2D eigenvalue weighted by atomic mass is 16.5. The van der Waals surface area contributed by atoms with Crippen LogP contribution in [0.3, 0.4) is 0 Å². The summed E-state index contributed by atoms with van der Waals surface area (Å²) in [6.07, 6.45) is 4.43. The van der Waals surface area contributed by atoms with E-state index in [9.17, 15) is 14.4 Å². The van der Waals surface area contributed by atoms with Crippen molar-refractivity contribution < 1.29 is 19.1 Å². The molecule has 0 saturated heterocycles. The van der Waals surface area contributed by atoms with Crippen LogP contribution in [0, 0.1) is 5.92 Å². The highest BCUT2D eigenvalue weighted by Gasteiger charge is 2.30. The van der Waals surface area contributed by atoms with Gasteiger partial charge in [0.1, 0.15) is 11.8 Å². The van der Waals surface area contributed by atoms with Crippen molar-refractivity contribution in [2.45, 2.75) is 71.6 Å². The predicted octanol–water partition coefficient (Wildman–Crippen LogP) is 4.79. The molecule has 2 N–H and O–H groups in total. The van der Waals surface area contributed by atoms with E-state index in [-0.39, 0.29) is 24.2 Å². The number of pyridine rings is 1. The molecule has 0 fully saturated rings. The lowest BCUT2D eigenvalue weighted by molar-refractivity contribution is -0.132. The monoisotopic (exact) mass is 558 g/mol. The van der Waals surface area contributed by atoms with E-state index in [4.69, 9.17) is 4.74 Å². The van der Waals surface area contributed by atoms with E-state index in [1.807, 2.05) is 50.9 Å². The number of hydrogen-bond acceptors (Lipinski definition) is 6. The van der Waals surface area contributed by atoms with E-state index in [0.717, 1.165) is 11.1 Å². The third-order valence-corrected chi connectivity index (χ3v) is 6.40. The SMILES string of the molecule is CC(C)C[C@@H](C(=O)N[C@@H](Cc1ccc(OC(=O)c2ccccc2)cc1)C(=O)NC(C)(C)C)N(C)Cc1cccnc1. The van der Waals surface area contributed by atoms with Gasteiger partial charge in [-0.2, -0.15) is 0 Å². The van der Waals surface area contributed by atoms with Crippen LogP contribution in [0.5, 0.6) is 5.75 Å². The van der Waals surface area contributed by atoms with Gasteiger partial charge in [0.15, 0.2) is 0 Å². The normalized spacial score (nSPS) is 13.0. The number of likely N-dealkylation sites (N-methyl/N-ethyl adjacent to an activating group) is 1. The van der Waals surface area contributed by atoms with Gasteiger partial charge < -0.3 is 15.4 Å². The molecule has 0 aliphatic carbocycles. The smallest absolute Gasteiger partial charge is 0.343 e. The number of hydrogen-bond donors (Lipinski definition) is 2. The van der Waals surface area contributed by atoms with Crippen LogP contribution in [-0.2, 0) is 22.6 Å². The number of aromatic nitrogens is 1. The van der Waals surface area contributed by atoms with Crippen LogP contribution < -0.4 is 15.4 Å². The van der Waals surface area contributed by atoms with E-state index in [2.05, 4.69) is 29.5 Å². The average Bonchev–Trinajstić information content (AvgIpc) is 2.92.